The summed E-state index contributed by atoms with van der Waals surface area (Å²) in [6.45, 7) is 2.77. The van der Waals surface area contributed by atoms with E-state index in [4.69, 9.17) is 23.2 Å². The lowest BCUT2D eigenvalue weighted by Crippen LogP contribution is -2.25. The normalized spacial score (nSPS) is 15.6. The van der Waals surface area contributed by atoms with Gasteiger partial charge >= 0.3 is 0 Å². The number of benzene rings is 1. The Kier molecular flexibility index (Phi) is 5.31. The fourth-order valence-electron chi connectivity index (χ4n) is 1.79. The van der Waals surface area contributed by atoms with Crippen molar-refractivity contribution in [3.63, 3.8) is 0 Å². The maximum Gasteiger partial charge on any atom is 0.242 e. The van der Waals surface area contributed by atoms with Crippen LogP contribution in [0.1, 0.15) is 31.7 Å². The van der Waals surface area contributed by atoms with Gasteiger partial charge in [-0.3, -0.25) is 0 Å². The molecular weight excluding hydrogens is 319 g/mol. The number of rotatable bonds is 7. The highest BCUT2D eigenvalue weighted by Gasteiger charge is 2.24. The molecule has 112 valence electrons. The molecule has 1 aromatic rings. The first kappa shape index (κ1) is 16.0. The zero-order chi connectivity index (χ0) is 14.8. The molecule has 0 unspecified atom stereocenters. The average molecular weight is 337 g/mol. The van der Waals surface area contributed by atoms with Crippen molar-refractivity contribution in [1.29, 1.82) is 0 Å². The summed E-state index contributed by atoms with van der Waals surface area (Å²) >= 11 is 12.4. The highest BCUT2D eigenvalue weighted by Crippen LogP contribution is 2.32. The second-order valence-electron chi connectivity index (χ2n) is 4.89. The van der Waals surface area contributed by atoms with Crippen LogP contribution in [0.25, 0.3) is 0 Å². The van der Waals surface area contributed by atoms with Crippen LogP contribution in [0.3, 0.4) is 0 Å². The van der Waals surface area contributed by atoms with Crippen LogP contribution in [0.4, 0.5) is 0 Å². The zero-order valence-electron chi connectivity index (χ0n) is 11.2. The molecule has 4 nitrogen and oxygen atoms in total. The molecule has 0 aliphatic heterocycles. The molecule has 1 saturated carbocycles. The van der Waals surface area contributed by atoms with E-state index in [2.05, 4.69) is 10.0 Å². The van der Waals surface area contributed by atoms with Crippen molar-refractivity contribution in [3.05, 3.63) is 27.7 Å². The fourth-order valence-corrected chi connectivity index (χ4v) is 3.84. The van der Waals surface area contributed by atoms with Gasteiger partial charge in [0.1, 0.15) is 4.90 Å². The lowest BCUT2D eigenvalue weighted by molar-refractivity contribution is 0.580. The molecule has 1 fully saturated rings. The maximum absolute atomic E-state index is 12.2. The Morgan fingerprint density at radius 1 is 1.30 bits per heavy atom. The fraction of sp³-hybridized carbons (Fsp3) is 0.538. The Hall–Kier alpha value is -0.330. The van der Waals surface area contributed by atoms with Crippen LogP contribution in [0.15, 0.2) is 17.0 Å². The monoisotopic (exact) mass is 336 g/mol. The summed E-state index contributed by atoms with van der Waals surface area (Å²) in [5.41, 5.74) is 0.639. The number of hydrogen-bond acceptors (Lipinski definition) is 3. The van der Waals surface area contributed by atoms with Gasteiger partial charge in [0, 0.05) is 29.7 Å². The molecule has 0 saturated heterocycles. The second-order valence-corrected chi connectivity index (χ2v) is 7.41. The lowest BCUT2D eigenvalue weighted by atomic mass is 10.2. The number of nitrogens with one attached hydrogen (secondary N) is 2. The summed E-state index contributed by atoms with van der Waals surface area (Å²) in [6, 6.07) is 3.53. The van der Waals surface area contributed by atoms with Gasteiger partial charge in [0.25, 0.3) is 0 Å². The Morgan fingerprint density at radius 3 is 2.60 bits per heavy atom. The Morgan fingerprint density at radius 2 is 2.00 bits per heavy atom. The molecule has 2 rings (SSSR count). The molecule has 1 aliphatic carbocycles. The largest absolute Gasteiger partial charge is 0.310 e. The Balaban J connectivity index is 2.27. The molecule has 0 amide bonds. The third-order valence-electron chi connectivity index (χ3n) is 3.13. The summed E-state index contributed by atoms with van der Waals surface area (Å²) in [4.78, 5) is 0.0876. The first-order valence-corrected chi connectivity index (χ1v) is 8.89. The SMILES string of the molecule is CCCNS(=O)(=O)c1ccc(Cl)c(CNC2CC2)c1Cl. The van der Waals surface area contributed by atoms with E-state index in [0.29, 0.717) is 29.7 Å². The molecule has 7 heteroatoms. The smallest absolute Gasteiger partial charge is 0.242 e. The first-order valence-electron chi connectivity index (χ1n) is 6.65. The van der Waals surface area contributed by atoms with Crippen molar-refractivity contribution in [3.8, 4) is 0 Å². The lowest BCUT2D eigenvalue weighted by Gasteiger charge is -2.13. The van der Waals surface area contributed by atoms with E-state index in [0.717, 1.165) is 19.3 Å². The highest BCUT2D eigenvalue weighted by atomic mass is 35.5. The predicted octanol–water partition coefficient (Wildman–Crippen LogP) is 2.93. The zero-order valence-corrected chi connectivity index (χ0v) is 13.6. The molecular formula is C13H18Cl2N2O2S. The summed E-state index contributed by atoms with van der Waals surface area (Å²) in [5.74, 6) is 0. The van der Waals surface area contributed by atoms with Crippen molar-refractivity contribution in [1.82, 2.24) is 10.0 Å². The molecule has 0 atom stereocenters. The topological polar surface area (TPSA) is 58.2 Å². The molecule has 1 aromatic carbocycles. The number of halogens is 2. The molecule has 20 heavy (non-hydrogen) atoms. The third-order valence-corrected chi connectivity index (χ3v) is 5.53. The average Bonchev–Trinajstić information content (AvgIpc) is 3.20. The van der Waals surface area contributed by atoms with Crippen LogP contribution in [-0.4, -0.2) is 21.0 Å². The third kappa shape index (κ3) is 3.86. The number of sulfonamides is 1. The van der Waals surface area contributed by atoms with Crippen molar-refractivity contribution in [2.24, 2.45) is 0 Å². The Bertz CT molecular complexity index is 586. The highest BCUT2D eigenvalue weighted by molar-refractivity contribution is 7.89. The predicted molar refractivity (Wildman–Crippen MR) is 81.8 cm³/mol. The van der Waals surface area contributed by atoms with E-state index in [1.165, 1.54) is 6.07 Å². The summed E-state index contributed by atoms with van der Waals surface area (Å²) in [5, 5.41) is 3.98. The van der Waals surface area contributed by atoms with E-state index in [9.17, 15) is 8.42 Å². The van der Waals surface area contributed by atoms with Crippen LogP contribution < -0.4 is 10.0 Å². The quantitative estimate of drug-likeness (QED) is 0.804. The van der Waals surface area contributed by atoms with Crippen molar-refractivity contribution < 1.29 is 8.42 Å². The van der Waals surface area contributed by atoms with E-state index in [1.807, 2.05) is 6.92 Å². The van der Waals surface area contributed by atoms with E-state index < -0.39 is 10.0 Å². The first-order chi connectivity index (χ1) is 9.45. The van der Waals surface area contributed by atoms with Crippen LogP contribution in [-0.2, 0) is 16.6 Å². The molecule has 0 spiro atoms. The molecule has 0 radical (unpaired) electrons. The summed E-state index contributed by atoms with van der Waals surface area (Å²) in [7, 11) is -3.58. The van der Waals surface area contributed by atoms with Crippen molar-refractivity contribution in [2.45, 2.75) is 43.7 Å². The van der Waals surface area contributed by atoms with Gasteiger partial charge in [0.05, 0.1) is 5.02 Å². The van der Waals surface area contributed by atoms with Gasteiger partial charge in [-0.05, 0) is 31.4 Å². The number of hydrogen-bond donors (Lipinski definition) is 2. The molecule has 0 bridgehead atoms. The van der Waals surface area contributed by atoms with Gasteiger partial charge in [-0.1, -0.05) is 30.1 Å². The van der Waals surface area contributed by atoms with Crippen LogP contribution in [0.2, 0.25) is 10.0 Å². The molecule has 0 aromatic heterocycles. The summed E-state index contributed by atoms with van der Waals surface area (Å²) in [6.07, 6.45) is 3.01. The van der Waals surface area contributed by atoms with E-state index in [-0.39, 0.29) is 9.92 Å². The van der Waals surface area contributed by atoms with Crippen molar-refractivity contribution in [2.75, 3.05) is 6.54 Å². The standard InChI is InChI=1S/C13H18Cl2N2O2S/c1-2-7-17-20(18,19)12-6-5-11(14)10(13(12)15)8-16-9-3-4-9/h5-6,9,16-17H,2-4,7-8H2,1H3. The van der Waals surface area contributed by atoms with E-state index in [1.54, 1.807) is 6.07 Å². The van der Waals surface area contributed by atoms with Crippen LogP contribution in [0, 0.1) is 0 Å². The Labute approximate surface area is 129 Å². The van der Waals surface area contributed by atoms with Crippen molar-refractivity contribution >= 4 is 33.2 Å². The van der Waals surface area contributed by atoms with Gasteiger partial charge in [0.15, 0.2) is 0 Å². The minimum absolute atomic E-state index is 0.0876. The maximum atomic E-state index is 12.2. The molecule has 2 N–H and O–H groups in total. The van der Waals surface area contributed by atoms with Crippen LogP contribution in [0.5, 0.6) is 0 Å². The minimum atomic E-state index is -3.58. The molecule has 1 aliphatic rings. The van der Waals surface area contributed by atoms with E-state index >= 15 is 0 Å². The van der Waals surface area contributed by atoms with Gasteiger partial charge in [-0.25, -0.2) is 13.1 Å². The van der Waals surface area contributed by atoms with Crippen LogP contribution >= 0.6 is 23.2 Å². The van der Waals surface area contributed by atoms with Gasteiger partial charge in [-0.15, -0.1) is 0 Å². The second kappa shape index (κ2) is 6.62. The minimum Gasteiger partial charge on any atom is -0.310 e. The molecule has 0 heterocycles. The van der Waals surface area contributed by atoms with Gasteiger partial charge in [0.2, 0.25) is 10.0 Å². The van der Waals surface area contributed by atoms with Gasteiger partial charge in [-0.2, -0.15) is 0 Å². The summed E-state index contributed by atoms with van der Waals surface area (Å²) < 4.78 is 26.8. The van der Waals surface area contributed by atoms with Gasteiger partial charge < -0.3 is 5.32 Å².